The zero-order valence-corrected chi connectivity index (χ0v) is 14.0. The minimum absolute atomic E-state index is 0.366. The van der Waals surface area contributed by atoms with Crippen LogP contribution in [0.5, 0.6) is 0 Å². The van der Waals surface area contributed by atoms with Crippen molar-refractivity contribution in [2.45, 2.75) is 38.8 Å². The van der Waals surface area contributed by atoms with E-state index in [-0.39, 0.29) is 0 Å². The van der Waals surface area contributed by atoms with Crippen LogP contribution in [0.1, 0.15) is 37.6 Å². The highest BCUT2D eigenvalue weighted by molar-refractivity contribution is 7.88. The van der Waals surface area contributed by atoms with Gasteiger partial charge < -0.3 is 5.32 Å². The van der Waals surface area contributed by atoms with Gasteiger partial charge in [0.2, 0.25) is 10.0 Å². The van der Waals surface area contributed by atoms with Crippen LogP contribution in [0, 0.1) is 5.92 Å². The highest BCUT2D eigenvalue weighted by Crippen LogP contribution is 2.27. The molecule has 1 aliphatic rings. The molecule has 2 heterocycles. The molecule has 2 rings (SSSR count). The van der Waals surface area contributed by atoms with Crippen LogP contribution in [0.2, 0.25) is 0 Å². The first-order chi connectivity index (χ1) is 9.38. The Bertz CT molecular complexity index is 503. The summed E-state index contributed by atoms with van der Waals surface area (Å²) in [4.78, 5) is 1.37. The molecule has 6 heteroatoms. The summed E-state index contributed by atoms with van der Waals surface area (Å²) in [6, 6.07) is 5.03. The lowest BCUT2D eigenvalue weighted by Crippen LogP contribution is -2.46. The Labute approximate surface area is 126 Å². The third-order valence-electron chi connectivity index (χ3n) is 3.85. The molecule has 1 aliphatic heterocycles. The van der Waals surface area contributed by atoms with Crippen LogP contribution >= 0.6 is 11.3 Å². The molecule has 1 unspecified atom stereocenters. The van der Waals surface area contributed by atoms with Crippen molar-refractivity contribution in [1.29, 1.82) is 0 Å². The summed E-state index contributed by atoms with van der Waals surface area (Å²) in [5.74, 6) is 0.529. The molecule has 1 saturated heterocycles. The van der Waals surface area contributed by atoms with E-state index in [2.05, 4.69) is 36.7 Å². The number of hydrogen-bond donors (Lipinski definition) is 1. The van der Waals surface area contributed by atoms with E-state index in [1.54, 1.807) is 15.6 Å². The fourth-order valence-electron chi connectivity index (χ4n) is 2.68. The van der Waals surface area contributed by atoms with Gasteiger partial charge in [-0.25, -0.2) is 12.7 Å². The summed E-state index contributed by atoms with van der Waals surface area (Å²) in [6.45, 7) is 5.71. The fourth-order valence-corrected chi connectivity index (χ4v) is 4.51. The van der Waals surface area contributed by atoms with Crippen molar-refractivity contribution in [1.82, 2.24) is 9.62 Å². The Hall–Kier alpha value is -0.430. The zero-order valence-electron chi connectivity index (χ0n) is 12.4. The maximum atomic E-state index is 11.5. The van der Waals surface area contributed by atoms with Gasteiger partial charge in [0.1, 0.15) is 0 Å². The maximum absolute atomic E-state index is 11.5. The standard InChI is InChI=1S/C14H24N2O2S2/c1-11(2)14(13-5-4-10-19-13)15-12-6-8-16(9-7-12)20(3,17)18/h4-5,10-12,14-15H,6-9H2,1-3H3. The Morgan fingerprint density at radius 2 is 2.00 bits per heavy atom. The summed E-state index contributed by atoms with van der Waals surface area (Å²) in [7, 11) is -3.03. The molecule has 0 bridgehead atoms. The second-order valence-electron chi connectivity index (χ2n) is 5.84. The summed E-state index contributed by atoms with van der Waals surface area (Å²) in [5, 5.41) is 5.83. The van der Waals surface area contributed by atoms with Crippen LogP contribution in [-0.2, 0) is 10.0 Å². The van der Waals surface area contributed by atoms with Gasteiger partial charge in [-0.2, -0.15) is 0 Å². The predicted molar refractivity (Wildman–Crippen MR) is 84.5 cm³/mol. The van der Waals surface area contributed by atoms with Crippen LogP contribution in [0.3, 0.4) is 0 Å². The molecule has 0 amide bonds. The second-order valence-corrected chi connectivity index (χ2v) is 8.80. The molecule has 1 fully saturated rings. The van der Waals surface area contributed by atoms with Gasteiger partial charge in [0.15, 0.2) is 0 Å². The Morgan fingerprint density at radius 3 is 2.45 bits per heavy atom. The molecule has 0 saturated carbocycles. The summed E-state index contributed by atoms with van der Waals surface area (Å²) >= 11 is 1.78. The highest BCUT2D eigenvalue weighted by Gasteiger charge is 2.27. The van der Waals surface area contributed by atoms with E-state index in [4.69, 9.17) is 0 Å². The maximum Gasteiger partial charge on any atom is 0.211 e. The quantitative estimate of drug-likeness (QED) is 0.908. The van der Waals surface area contributed by atoms with E-state index in [9.17, 15) is 8.42 Å². The van der Waals surface area contributed by atoms with Crippen molar-refractivity contribution in [2.75, 3.05) is 19.3 Å². The Balaban J connectivity index is 1.94. The van der Waals surface area contributed by atoms with Crippen molar-refractivity contribution >= 4 is 21.4 Å². The first-order valence-electron chi connectivity index (χ1n) is 7.12. The Morgan fingerprint density at radius 1 is 1.35 bits per heavy atom. The molecular weight excluding hydrogens is 292 g/mol. The van der Waals surface area contributed by atoms with E-state index in [0.29, 0.717) is 31.1 Å². The molecule has 20 heavy (non-hydrogen) atoms. The third kappa shape index (κ3) is 4.04. The van der Waals surface area contributed by atoms with E-state index >= 15 is 0 Å². The van der Waals surface area contributed by atoms with Crippen molar-refractivity contribution in [3.05, 3.63) is 22.4 Å². The fraction of sp³-hybridized carbons (Fsp3) is 0.714. The lowest BCUT2D eigenvalue weighted by molar-refractivity contribution is 0.258. The summed E-state index contributed by atoms with van der Waals surface area (Å²) < 4.78 is 24.6. The summed E-state index contributed by atoms with van der Waals surface area (Å²) in [6.07, 6.45) is 3.08. The van der Waals surface area contributed by atoms with Gasteiger partial charge in [0.05, 0.1) is 6.26 Å². The molecule has 0 aromatic carbocycles. The highest BCUT2D eigenvalue weighted by atomic mass is 32.2. The molecule has 0 spiro atoms. The van der Waals surface area contributed by atoms with Gasteiger partial charge in [0.25, 0.3) is 0 Å². The average molecular weight is 316 g/mol. The molecule has 1 atom stereocenters. The molecule has 1 N–H and O–H groups in total. The number of sulfonamides is 1. The smallest absolute Gasteiger partial charge is 0.211 e. The van der Waals surface area contributed by atoms with E-state index < -0.39 is 10.0 Å². The minimum Gasteiger partial charge on any atom is -0.306 e. The monoisotopic (exact) mass is 316 g/mol. The lowest BCUT2D eigenvalue weighted by atomic mass is 9.98. The molecule has 0 aliphatic carbocycles. The Kier molecular flexibility index (Phi) is 5.23. The third-order valence-corrected chi connectivity index (χ3v) is 6.11. The number of nitrogens with one attached hydrogen (secondary N) is 1. The summed E-state index contributed by atoms with van der Waals surface area (Å²) in [5.41, 5.74) is 0. The van der Waals surface area contributed by atoms with Gasteiger partial charge in [0, 0.05) is 30.1 Å². The van der Waals surface area contributed by atoms with Crippen molar-refractivity contribution in [3.63, 3.8) is 0 Å². The number of piperidine rings is 1. The van der Waals surface area contributed by atoms with Gasteiger partial charge >= 0.3 is 0 Å². The molecule has 1 aromatic heterocycles. The van der Waals surface area contributed by atoms with Gasteiger partial charge in [-0.05, 0) is 30.2 Å². The van der Waals surface area contributed by atoms with Crippen molar-refractivity contribution in [3.8, 4) is 0 Å². The number of thiophene rings is 1. The van der Waals surface area contributed by atoms with Crippen LogP contribution in [0.15, 0.2) is 17.5 Å². The molecule has 0 radical (unpaired) electrons. The molecule has 114 valence electrons. The first kappa shape index (κ1) is 15.9. The van der Waals surface area contributed by atoms with Crippen LogP contribution < -0.4 is 5.32 Å². The molecule has 1 aromatic rings. The van der Waals surface area contributed by atoms with Gasteiger partial charge in [-0.1, -0.05) is 19.9 Å². The van der Waals surface area contributed by atoms with Crippen molar-refractivity contribution in [2.24, 2.45) is 5.92 Å². The minimum atomic E-state index is -3.03. The predicted octanol–water partition coefficient (Wildman–Crippen LogP) is 2.46. The average Bonchev–Trinajstić information content (AvgIpc) is 2.88. The molecule has 4 nitrogen and oxygen atoms in total. The topological polar surface area (TPSA) is 49.4 Å². The SMILES string of the molecule is CC(C)C(NC1CCN(S(C)(=O)=O)CC1)c1cccs1. The van der Waals surface area contributed by atoms with Crippen molar-refractivity contribution < 1.29 is 8.42 Å². The van der Waals surface area contributed by atoms with E-state index in [0.717, 1.165) is 12.8 Å². The van der Waals surface area contributed by atoms with Crippen LogP contribution in [0.4, 0.5) is 0 Å². The largest absolute Gasteiger partial charge is 0.306 e. The van der Waals surface area contributed by atoms with E-state index in [1.807, 2.05) is 0 Å². The number of nitrogens with zero attached hydrogens (tertiary/aromatic N) is 1. The normalized spacial score (nSPS) is 20.4. The number of rotatable bonds is 5. The van der Waals surface area contributed by atoms with Crippen LogP contribution in [-0.4, -0.2) is 38.1 Å². The number of hydrogen-bond acceptors (Lipinski definition) is 4. The lowest BCUT2D eigenvalue weighted by Gasteiger charge is -2.34. The first-order valence-corrected chi connectivity index (χ1v) is 9.85. The van der Waals surface area contributed by atoms with Gasteiger partial charge in [-0.15, -0.1) is 11.3 Å². The van der Waals surface area contributed by atoms with Gasteiger partial charge in [-0.3, -0.25) is 0 Å². The molecular formula is C14H24N2O2S2. The zero-order chi connectivity index (χ0) is 14.8. The van der Waals surface area contributed by atoms with Crippen LogP contribution in [0.25, 0.3) is 0 Å². The second kappa shape index (κ2) is 6.56. The van der Waals surface area contributed by atoms with E-state index in [1.165, 1.54) is 11.1 Å².